The number of nitrogens with zero attached hydrogens (tertiary/aromatic N) is 2. The number of nitrogens with two attached hydrogens (primary N) is 1. The maximum absolute atomic E-state index is 13.4. The average molecular weight is 265 g/mol. The summed E-state index contributed by atoms with van der Waals surface area (Å²) in [6.45, 7) is 2.58. The smallest absolute Gasteiger partial charge is 0.346 e. The van der Waals surface area contributed by atoms with E-state index in [9.17, 15) is 9.18 Å². The van der Waals surface area contributed by atoms with Crippen LogP contribution in [0.3, 0.4) is 0 Å². The first kappa shape index (κ1) is 13.5. The summed E-state index contributed by atoms with van der Waals surface area (Å²) in [6, 6.07) is 3.50. The highest BCUT2D eigenvalue weighted by Crippen LogP contribution is 2.29. The number of benzene rings is 1. The van der Waals surface area contributed by atoms with Gasteiger partial charge in [-0.3, -0.25) is 0 Å². The van der Waals surface area contributed by atoms with Gasteiger partial charge >= 0.3 is 6.03 Å². The molecule has 1 aliphatic rings. The zero-order valence-electron chi connectivity index (χ0n) is 10.9. The Morgan fingerprint density at radius 2 is 2.26 bits per heavy atom. The third kappa shape index (κ3) is 2.58. The second kappa shape index (κ2) is 5.36. The van der Waals surface area contributed by atoms with E-state index in [2.05, 4.69) is 4.99 Å². The van der Waals surface area contributed by atoms with E-state index in [-0.39, 0.29) is 11.7 Å². The number of methoxy groups -OCH3 is 1. The molecular formula is C13H16FN3O2. The van der Waals surface area contributed by atoms with Crippen LogP contribution < -0.4 is 5.73 Å². The SMILES string of the molecule is COCCN1C(=O)N=C(N)C1c1cc(F)ccc1C. The van der Waals surface area contributed by atoms with E-state index in [0.717, 1.165) is 5.56 Å². The van der Waals surface area contributed by atoms with E-state index in [1.54, 1.807) is 13.2 Å². The summed E-state index contributed by atoms with van der Waals surface area (Å²) in [6.07, 6.45) is 0. The molecule has 0 saturated carbocycles. The largest absolute Gasteiger partial charge is 0.385 e. The van der Waals surface area contributed by atoms with Crippen LogP contribution in [-0.2, 0) is 4.74 Å². The van der Waals surface area contributed by atoms with Gasteiger partial charge in [-0.05, 0) is 30.2 Å². The summed E-state index contributed by atoms with van der Waals surface area (Å²) in [5.41, 5.74) is 7.33. The summed E-state index contributed by atoms with van der Waals surface area (Å²) in [5, 5.41) is 0. The zero-order chi connectivity index (χ0) is 14.0. The molecule has 1 aromatic carbocycles. The number of rotatable bonds is 4. The minimum Gasteiger partial charge on any atom is -0.385 e. The maximum Gasteiger partial charge on any atom is 0.346 e. The summed E-state index contributed by atoms with van der Waals surface area (Å²) >= 11 is 0. The van der Waals surface area contributed by atoms with Gasteiger partial charge in [-0.15, -0.1) is 0 Å². The van der Waals surface area contributed by atoms with Gasteiger partial charge in [-0.2, -0.15) is 4.99 Å². The molecule has 2 rings (SSSR count). The summed E-state index contributed by atoms with van der Waals surface area (Å²) in [7, 11) is 1.55. The van der Waals surface area contributed by atoms with Crippen molar-refractivity contribution in [1.29, 1.82) is 0 Å². The molecule has 1 atom stereocenters. The predicted octanol–water partition coefficient (Wildman–Crippen LogP) is 1.61. The van der Waals surface area contributed by atoms with Crippen LogP contribution in [0.15, 0.2) is 23.2 Å². The van der Waals surface area contributed by atoms with Crippen LogP contribution in [0, 0.1) is 12.7 Å². The molecule has 2 N–H and O–H groups in total. The van der Waals surface area contributed by atoms with Gasteiger partial charge in [0.25, 0.3) is 0 Å². The molecule has 1 aromatic rings. The van der Waals surface area contributed by atoms with Crippen LogP contribution in [0.25, 0.3) is 0 Å². The highest BCUT2D eigenvalue weighted by atomic mass is 19.1. The highest BCUT2D eigenvalue weighted by molar-refractivity contribution is 6.03. The first-order chi connectivity index (χ1) is 9.04. The Balaban J connectivity index is 2.36. The molecule has 5 nitrogen and oxygen atoms in total. The third-order valence-corrected chi connectivity index (χ3v) is 3.13. The van der Waals surface area contributed by atoms with E-state index in [0.29, 0.717) is 18.7 Å². The number of carbonyl (C=O) groups is 1. The number of ether oxygens (including phenoxy) is 1. The molecule has 0 aliphatic carbocycles. The van der Waals surface area contributed by atoms with Gasteiger partial charge in [0.15, 0.2) is 0 Å². The first-order valence-corrected chi connectivity index (χ1v) is 5.94. The number of hydrogen-bond donors (Lipinski definition) is 1. The summed E-state index contributed by atoms with van der Waals surface area (Å²) < 4.78 is 18.4. The molecule has 0 aromatic heterocycles. The summed E-state index contributed by atoms with van der Waals surface area (Å²) in [5.74, 6) is -0.172. The summed E-state index contributed by atoms with van der Waals surface area (Å²) in [4.78, 5) is 17.0. The lowest BCUT2D eigenvalue weighted by molar-refractivity contribution is 0.150. The van der Waals surface area contributed by atoms with Gasteiger partial charge in [0.1, 0.15) is 17.7 Å². The van der Waals surface area contributed by atoms with Gasteiger partial charge in [0.2, 0.25) is 0 Å². The van der Waals surface area contributed by atoms with Gasteiger partial charge in [-0.25, -0.2) is 9.18 Å². The first-order valence-electron chi connectivity index (χ1n) is 5.94. The predicted molar refractivity (Wildman–Crippen MR) is 69.5 cm³/mol. The molecule has 19 heavy (non-hydrogen) atoms. The molecule has 1 aliphatic heterocycles. The quantitative estimate of drug-likeness (QED) is 0.899. The van der Waals surface area contributed by atoms with Crippen LogP contribution in [0.2, 0.25) is 0 Å². The number of aryl methyl sites for hydroxylation is 1. The number of carbonyl (C=O) groups excluding carboxylic acids is 1. The lowest BCUT2D eigenvalue weighted by Crippen LogP contribution is -2.36. The van der Waals surface area contributed by atoms with Crippen molar-refractivity contribution >= 4 is 11.9 Å². The number of amides is 2. The highest BCUT2D eigenvalue weighted by Gasteiger charge is 2.35. The van der Waals surface area contributed by atoms with E-state index >= 15 is 0 Å². The monoisotopic (exact) mass is 265 g/mol. The Labute approximate surface area is 110 Å². The number of hydrogen-bond acceptors (Lipinski definition) is 3. The molecule has 0 radical (unpaired) electrons. The van der Waals surface area contributed by atoms with Crippen LogP contribution in [0.5, 0.6) is 0 Å². The second-order valence-corrected chi connectivity index (χ2v) is 4.41. The lowest BCUT2D eigenvalue weighted by atomic mass is 9.99. The maximum atomic E-state index is 13.4. The van der Waals surface area contributed by atoms with Crippen LogP contribution in [0.1, 0.15) is 17.2 Å². The molecule has 0 bridgehead atoms. The lowest BCUT2D eigenvalue weighted by Gasteiger charge is -2.25. The molecule has 2 amide bonds. The second-order valence-electron chi connectivity index (χ2n) is 4.41. The fraction of sp³-hybridized carbons (Fsp3) is 0.385. The minimum atomic E-state index is -0.515. The normalized spacial score (nSPS) is 18.9. The number of urea groups is 1. The number of halogens is 1. The fourth-order valence-electron chi connectivity index (χ4n) is 2.15. The van der Waals surface area contributed by atoms with Crippen molar-refractivity contribution in [3.63, 3.8) is 0 Å². The third-order valence-electron chi connectivity index (χ3n) is 3.13. The molecule has 6 heteroatoms. The van der Waals surface area contributed by atoms with Gasteiger partial charge in [0, 0.05) is 13.7 Å². The van der Waals surface area contributed by atoms with E-state index < -0.39 is 12.1 Å². The van der Waals surface area contributed by atoms with Crippen LogP contribution in [0.4, 0.5) is 9.18 Å². The molecule has 0 saturated heterocycles. The van der Waals surface area contributed by atoms with E-state index in [1.165, 1.54) is 17.0 Å². The van der Waals surface area contributed by atoms with Crippen LogP contribution in [-0.4, -0.2) is 37.0 Å². The van der Waals surface area contributed by atoms with E-state index in [1.807, 2.05) is 6.92 Å². The van der Waals surface area contributed by atoms with Crippen molar-refractivity contribution in [2.75, 3.05) is 20.3 Å². The Morgan fingerprint density at radius 3 is 2.95 bits per heavy atom. The Kier molecular flexibility index (Phi) is 3.80. The fourth-order valence-corrected chi connectivity index (χ4v) is 2.15. The van der Waals surface area contributed by atoms with E-state index in [4.69, 9.17) is 10.5 Å². The number of amidine groups is 1. The average Bonchev–Trinajstić information content (AvgIpc) is 2.64. The molecule has 1 unspecified atom stereocenters. The molecule has 1 heterocycles. The molecule has 0 fully saturated rings. The van der Waals surface area contributed by atoms with Crippen molar-refractivity contribution in [3.8, 4) is 0 Å². The Bertz CT molecular complexity index is 531. The van der Waals surface area contributed by atoms with Crippen LogP contribution >= 0.6 is 0 Å². The standard InChI is InChI=1S/C13H16FN3O2/c1-8-3-4-9(14)7-10(8)11-12(15)16-13(18)17(11)5-6-19-2/h3-4,7,11H,5-6H2,1-2H3,(H2,15,16,18). The van der Waals surface area contributed by atoms with Gasteiger partial charge < -0.3 is 15.4 Å². The zero-order valence-corrected chi connectivity index (χ0v) is 10.9. The minimum absolute atomic E-state index is 0.190. The molecular weight excluding hydrogens is 249 g/mol. The van der Waals surface area contributed by atoms with Crippen molar-refractivity contribution in [1.82, 2.24) is 4.90 Å². The Hall–Kier alpha value is -1.95. The van der Waals surface area contributed by atoms with Gasteiger partial charge in [0.05, 0.1) is 6.61 Å². The van der Waals surface area contributed by atoms with Crippen molar-refractivity contribution in [2.45, 2.75) is 13.0 Å². The molecule has 102 valence electrons. The van der Waals surface area contributed by atoms with Gasteiger partial charge in [-0.1, -0.05) is 6.07 Å². The Morgan fingerprint density at radius 1 is 1.53 bits per heavy atom. The van der Waals surface area contributed by atoms with Crippen molar-refractivity contribution in [3.05, 3.63) is 35.1 Å². The topological polar surface area (TPSA) is 67.9 Å². The van der Waals surface area contributed by atoms with Crippen molar-refractivity contribution in [2.24, 2.45) is 10.7 Å². The number of aliphatic imine (C=N–C) groups is 1. The van der Waals surface area contributed by atoms with Crippen molar-refractivity contribution < 1.29 is 13.9 Å². The molecule has 0 spiro atoms.